The van der Waals surface area contributed by atoms with Gasteiger partial charge in [0.1, 0.15) is 0 Å². The third kappa shape index (κ3) is 0.814. The molecule has 3 heteroatoms. The summed E-state index contributed by atoms with van der Waals surface area (Å²) in [5.41, 5.74) is 0. The highest BCUT2D eigenvalue weighted by Crippen LogP contribution is 2.50. The summed E-state index contributed by atoms with van der Waals surface area (Å²) in [5, 5.41) is 8.42. The second-order valence-corrected chi connectivity index (χ2v) is 3.05. The van der Waals surface area contributed by atoms with Crippen LogP contribution in [0.15, 0.2) is 0 Å². The molecule has 0 spiro atoms. The summed E-state index contributed by atoms with van der Waals surface area (Å²) in [4.78, 5) is 10.2. The molecule has 0 amide bonds. The quantitative estimate of drug-likeness (QED) is 0.610. The van der Waals surface area contributed by atoms with E-state index in [1.54, 1.807) is 0 Å². The molecule has 0 aromatic carbocycles. The summed E-state index contributed by atoms with van der Waals surface area (Å²) < 4.78 is 5.28. The van der Waals surface area contributed by atoms with Crippen LogP contribution in [0, 0.1) is 11.8 Å². The zero-order chi connectivity index (χ0) is 7.14. The predicted molar refractivity (Wildman–Crippen MR) is 33.6 cm³/mol. The zero-order valence-electron chi connectivity index (χ0n) is 5.62. The van der Waals surface area contributed by atoms with E-state index in [1.165, 1.54) is 0 Å². The van der Waals surface area contributed by atoms with Gasteiger partial charge in [0.2, 0.25) is 0 Å². The highest BCUT2D eigenvalue weighted by atomic mass is 16.5. The molecule has 1 aliphatic heterocycles. The number of aliphatic carboxylic acids is 1. The Labute approximate surface area is 59.0 Å². The van der Waals surface area contributed by atoms with Gasteiger partial charge in [-0.25, -0.2) is 0 Å². The molecule has 10 heavy (non-hydrogen) atoms. The highest BCUT2D eigenvalue weighted by Gasteiger charge is 2.54. The van der Waals surface area contributed by atoms with Crippen molar-refractivity contribution < 1.29 is 14.6 Å². The minimum Gasteiger partial charge on any atom is -0.481 e. The fourth-order valence-corrected chi connectivity index (χ4v) is 1.84. The number of hydrogen-bond acceptors (Lipinski definition) is 2. The van der Waals surface area contributed by atoms with Crippen molar-refractivity contribution >= 4 is 5.97 Å². The van der Waals surface area contributed by atoms with Gasteiger partial charge in [0, 0.05) is 12.5 Å². The smallest absolute Gasteiger partial charge is 0.303 e. The van der Waals surface area contributed by atoms with Crippen molar-refractivity contribution in [3.63, 3.8) is 0 Å². The Bertz CT molecular complexity index is 156. The average molecular weight is 142 g/mol. The van der Waals surface area contributed by atoms with E-state index in [0.717, 1.165) is 13.0 Å². The van der Waals surface area contributed by atoms with Gasteiger partial charge in [0.25, 0.3) is 0 Å². The Morgan fingerprint density at radius 2 is 2.50 bits per heavy atom. The first-order chi connectivity index (χ1) is 4.79. The first-order valence-electron chi connectivity index (χ1n) is 3.62. The van der Waals surface area contributed by atoms with Crippen LogP contribution in [-0.2, 0) is 9.53 Å². The highest BCUT2D eigenvalue weighted by molar-refractivity contribution is 5.67. The second-order valence-electron chi connectivity index (χ2n) is 3.05. The van der Waals surface area contributed by atoms with Crippen molar-refractivity contribution in [1.82, 2.24) is 0 Å². The molecular formula is C7H10O3. The first-order valence-corrected chi connectivity index (χ1v) is 3.62. The summed E-state index contributed by atoms with van der Waals surface area (Å²) in [5.74, 6) is 0.227. The van der Waals surface area contributed by atoms with Gasteiger partial charge < -0.3 is 9.84 Å². The summed E-state index contributed by atoms with van der Waals surface area (Å²) in [6.07, 6.45) is 1.67. The molecule has 3 nitrogen and oxygen atoms in total. The molecule has 1 aliphatic carbocycles. The van der Waals surface area contributed by atoms with Crippen molar-refractivity contribution in [1.29, 1.82) is 0 Å². The van der Waals surface area contributed by atoms with Gasteiger partial charge in [-0.15, -0.1) is 0 Å². The molecule has 56 valence electrons. The number of rotatable bonds is 2. The molecule has 1 N–H and O–H groups in total. The van der Waals surface area contributed by atoms with Crippen molar-refractivity contribution in [2.75, 3.05) is 6.61 Å². The normalized spacial score (nSPS) is 43.0. The van der Waals surface area contributed by atoms with Crippen LogP contribution in [0.5, 0.6) is 0 Å². The summed E-state index contributed by atoms with van der Waals surface area (Å²) >= 11 is 0. The number of carbonyl (C=O) groups is 1. The van der Waals surface area contributed by atoms with Gasteiger partial charge in [0.15, 0.2) is 0 Å². The second kappa shape index (κ2) is 1.95. The van der Waals surface area contributed by atoms with Gasteiger partial charge in [0.05, 0.1) is 12.5 Å². The first kappa shape index (κ1) is 6.16. The Morgan fingerprint density at radius 3 is 3.00 bits per heavy atom. The van der Waals surface area contributed by atoms with E-state index in [9.17, 15) is 4.79 Å². The molecule has 0 aromatic rings. The van der Waals surface area contributed by atoms with Crippen LogP contribution in [0.3, 0.4) is 0 Å². The SMILES string of the molecule is O=C(O)CC1C2CCOC21. The molecule has 1 saturated carbocycles. The van der Waals surface area contributed by atoms with Gasteiger partial charge >= 0.3 is 5.97 Å². The molecule has 3 unspecified atom stereocenters. The number of carboxylic acid groups (broad SMARTS) is 1. The van der Waals surface area contributed by atoms with Crippen molar-refractivity contribution in [3.8, 4) is 0 Å². The van der Waals surface area contributed by atoms with E-state index >= 15 is 0 Å². The van der Waals surface area contributed by atoms with Gasteiger partial charge in [-0.2, -0.15) is 0 Å². The zero-order valence-corrected chi connectivity index (χ0v) is 5.62. The number of carboxylic acids is 1. The van der Waals surface area contributed by atoms with Crippen molar-refractivity contribution in [3.05, 3.63) is 0 Å². The molecule has 3 atom stereocenters. The van der Waals surface area contributed by atoms with Crippen molar-refractivity contribution in [2.24, 2.45) is 11.8 Å². The molecule has 1 saturated heterocycles. The maximum Gasteiger partial charge on any atom is 0.303 e. The molecule has 2 aliphatic rings. The minimum atomic E-state index is -0.692. The Balaban J connectivity index is 1.84. The van der Waals surface area contributed by atoms with Crippen LogP contribution < -0.4 is 0 Å². The van der Waals surface area contributed by atoms with E-state index in [0.29, 0.717) is 24.4 Å². The van der Waals surface area contributed by atoms with Crippen LogP contribution in [0.25, 0.3) is 0 Å². The van der Waals surface area contributed by atoms with Crippen LogP contribution >= 0.6 is 0 Å². The van der Waals surface area contributed by atoms with E-state index in [2.05, 4.69) is 0 Å². The van der Waals surface area contributed by atoms with Gasteiger partial charge in [-0.3, -0.25) is 4.79 Å². The molecule has 0 radical (unpaired) electrons. The third-order valence-corrected chi connectivity index (χ3v) is 2.42. The number of ether oxygens (including phenoxy) is 1. The largest absolute Gasteiger partial charge is 0.481 e. The lowest BCUT2D eigenvalue weighted by Gasteiger charge is -1.97. The Hall–Kier alpha value is -0.570. The molecule has 0 aromatic heterocycles. The average Bonchev–Trinajstić information content (AvgIpc) is 2.40. The summed E-state index contributed by atoms with van der Waals surface area (Å²) in [6, 6.07) is 0. The molecule has 2 fully saturated rings. The fraction of sp³-hybridized carbons (Fsp3) is 0.857. The van der Waals surface area contributed by atoms with E-state index in [-0.39, 0.29) is 0 Å². The molecule has 2 rings (SSSR count). The number of fused-ring (bicyclic) bond motifs is 1. The van der Waals surface area contributed by atoms with Crippen molar-refractivity contribution in [2.45, 2.75) is 18.9 Å². The Kier molecular flexibility index (Phi) is 1.20. The Morgan fingerprint density at radius 1 is 1.70 bits per heavy atom. The lowest BCUT2D eigenvalue weighted by Crippen LogP contribution is -2.03. The van der Waals surface area contributed by atoms with Gasteiger partial charge in [-0.1, -0.05) is 0 Å². The van der Waals surface area contributed by atoms with E-state index in [4.69, 9.17) is 9.84 Å². The summed E-state index contributed by atoms with van der Waals surface area (Å²) in [7, 11) is 0. The van der Waals surface area contributed by atoms with Crippen LogP contribution in [-0.4, -0.2) is 23.8 Å². The lowest BCUT2D eigenvalue weighted by atomic mass is 10.2. The van der Waals surface area contributed by atoms with Crippen LogP contribution in [0.2, 0.25) is 0 Å². The lowest BCUT2D eigenvalue weighted by molar-refractivity contribution is -0.137. The van der Waals surface area contributed by atoms with E-state index in [1.807, 2.05) is 0 Å². The number of hydrogen-bond donors (Lipinski definition) is 1. The topological polar surface area (TPSA) is 46.5 Å². The van der Waals surface area contributed by atoms with E-state index < -0.39 is 5.97 Å². The maximum absolute atomic E-state index is 10.2. The molecule has 1 heterocycles. The van der Waals surface area contributed by atoms with Crippen LogP contribution in [0.1, 0.15) is 12.8 Å². The molecular weight excluding hydrogens is 132 g/mol. The van der Waals surface area contributed by atoms with Gasteiger partial charge in [-0.05, 0) is 12.3 Å². The summed E-state index contributed by atoms with van der Waals surface area (Å²) in [6.45, 7) is 0.839. The molecule has 0 bridgehead atoms. The minimum absolute atomic E-state index is 0.301. The third-order valence-electron chi connectivity index (χ3n) is 2.42. The monoisotopic (exact) mass is 142 g/mol. The standard InChI is InChI=1S/C7H10O3/c8-6(9)3-5-4-1-2-10-7(4)5/h4-5,7H,1-3H2,(H,8,9). The van der Waals surface area contributed by atoms with Crippen LogP contribution in [0.4, 0.5) is 0 Å². The fourth-order valence-electron chi connectivity index (χ4n) is 1.84. The predicted octanol–water partition coefficient (Wildman–Crippen LogP) is 0.496. The maximum atomic E-state index is 10.2.